The van der Waals surface area contributed by atoms with E-state index in [2.05, 4.69) is 29.6 Å². The Morgan fingerprint density at radius 2 is 2.03 bits per heavy atom. The predicted octanol–water partition coefficient (Wildman–Crippen LogP) is 5.12. The van der Waals surface area contributed by atoms with Gasteiger partial charge in [-0.15, -0.1) is 0 Å². The molecule has 2 atom stereocenters. The lowest BCUT2D eigenvalue weighted by Crippen LogP contribution is -2.51. The number of halogens is 2. The minimum Gasteiger partial charge on any atom is -0.469 e. The summed E-state index contributed by atoms with van der Waals surface area (Å²) < 4.78 is 33.7. The molecule has 8 nitrogen and oxygen atoms in total. The van der Waals surface area contributed by atoms with Crippen LogP contribution in [0.5, 0.6) is 5.88 Å². The summed E-state index contributed by atoms with van der Waals surface area (Å²) in [4.78, 5) is 22.4. The Hall–Kier alpha value is -1.91. The molecule has 3 heterocycles. The number of piperidine rings is 1. The molecule has 0 aromatic carbocycles. The van der Waals surface area contributed by atoms with Gasteiger partial charge in [0.25, 0.3) is 0 Å². The third-order valence-electron chi connectivity index (χ3n) is 5.18. The van der Waals surface area contributed by atoms with Gasteiger partial charge in [0, 0.05) is 33.8 Å². The number of rotatable bonds is 7. The molecule has 0 spiro atoms. The van der Waals surface area contributed by atoms with Crippen LogP contribution in [0.3, 0.4) is 0 Å². The molecule has 33 heavy (non-hydrogen) atoms. The number of likely N-dealkylation sites (tertiary alicyclic amines) is 1. The fraction of sp³-hybridized carbons (Fsp3) is 0.682. The molecule has 1 amide bonds. The molecule has 0 bridgehead atoms. The van der Waals surface area contributed by atoms with E-state index in [9.17, 15) is 9.18 Å². The first-order valence-electron chi connectivity index (χ1n) is 11.2. The van der Waals surface area contributed by atoms with Crippen molar-refractivity contribution in [3.8, 4) is 5.88 Å². The Kier molecular flexibility index (Phi) is 7.90. The van der Waals surface area contributed by atoms with Gasteiger partial charge in [-0.1, -0.05) is 19.6 Å². The first-order chi connectivity index (χ1) is 15.3. The number of fused-ring (bicyclic) bond motifs is 1. The molecule has 0 saturated carbocycles. The molecule has 0 radical (unpaired) electrons. The summed E-state index contributed by atoms with van der Waals surface area (Å²) >= 11 is 6.15. The first-order valence-corrected chi connectivity index (χ1v) is 15.3. The second kappa shape index (κ2) is 10.1. The summed E-state index contributed by atoms with van der Waals surface area (Å²) in [5.74, 6) is 0.185. The molecule has 0 aliphatic carbocycles. The molecule has 1 aliphatic heterocycles. The van der Waals surface area contributed by atoms with Crippen LogP contribution in [-0.2, 0) is 16.2 Å². The maximum absolute atomic E-state index is 14.7. The first kappa shape index (κ1) is 25.7. The molecule has 184 valence electrons. The van der Waals surface area contributed by atoms with Gasteiger partial charge in [0.05, 0.1) is 11.9 Å². The highest BCUT2D eigenvalue weighted by molar-refractivity contribution is 6.76. The summed E-state index contributed by atoms with van der Waals surface area (Å²) in [6.07, 6.45) is -0.665. The standard InChI is InChI=1S/C22H34ClFN4O4Si/c1-22(2,3)32-21(29)27-10-8-16(24)17(13-27)31-19-15-7-9-28(18(15)25-20(23)26-19)14-30-11-12-33(4,5)6/h7,9,16-17H,8,10-14H2,1-6H3/t16-,17-/m1/s1. The molecule has 1 saturated heterocycles. The number of carbonyl (C=O) groups excluding carboxylic acids is 1. The van der Waals surface area contributed by atoms with Crippen molar-refractivity contribution in [3.05, 3.63) is 17.5 Å². The lowest BCUT2D eigenvalue weighted by atomic mass is 10.1. The number of amides is 1. The quantitative estimate of drug-likeness (QED) is 0.298. The number of ether oxygens (including phenoxy) is 3. The van der Waals surface area contributed by atoms with Crippen LogP contribution < -0.4 is 4.74 Å². The van der Waals surface area contributed by atoms with Crippen molar-refractivity contribution in [2.45, 2.75) is 77.5 Å². The molecular weight excluding hydrogens is 467 g/mol. The maximum Gasteiger partial charge on any atom is 0.410 e. The topological polar surface area (TPSA) is 78.7 Å². The van der Waals surface area contributed by atoms with E-state index >= 15 is 0 Å². The number of aromatic nitrogens is 3. The third kappa shape index (κ3) is 7.28. The monoisotopic (exact) mass is 500 g/mol. The third-order valence-corrected chi connectivity index (χ3v) is 7.05. The fourth-order valence-electron chi connectivity index (χ4n) is 3.38. The van der Waals surface area contributed by atoms with E-state index in [0.717, 1.165) is 6.04 Å². The highest BCUT2D eigenvalue weighted by Crippen LogP contribution is 2.29. The molecule has 11 heteroatoms. The van der Waals surface area contributed by atoms with Gasteiger partial charge >= 0.3 is 6.09 Å². The van der Waals surface area contributed by atoms with Crippen molar-refractivity contribution in [2.24, 2.45) is 0 Å². The van der Waals surface area contributed by atoms with Crippen molar-refractivity contribution in [1.29, 1.82) is 0 Å². The summed E-state index contributed by atoms with van der Waals surface area (Å²) in [6, 6.07) is 2.86. The fourth-order valence-corrected chi connectivity index (χ4v) is 4.30. The molecule has 2 aromatic heterocycles. The Morgan fingerprint density at radius 1 is 1.30 bits per heavy atom. The van der Waals surface area contributed by atoms with Gasteiger partial charge in [-0.2, -0.15) is 9.97 Å². The van der Waals surface area contributed by atoms with E-state index in [0.29, 0.717) is 24.4 Å². The zero-order chi connectivity index (χ0) is 24.4. The van der Waals surface area contributed by atoms with Crippen molar-refractivity contribution in [1.82, 2.24) is 19.4 Å². The summed E-state index contributed by atoms with van der Waals surface area (Å²) in [5, 5.41) is 0.601. The predicted molar refractivity (Wildman–Crippen MR) is 128 cm³/mol. The van der Waals surface area contributed by atoms with Crippen LogP contribution in [0.4, 0.5) is 9.18 Å². The van der Waals surface area contributed by atoms with Crippen molar-refractivity contribution in [2.75, 3.05) is 19.7 Å². The normalized spacial score (nSPS) is 19.7. The highest BCUT2D eigenvalue weighted by Gasteiger charge is 2.35. The Labute approximate surface area is 200 Å². The molecule has 3 rings (SSSR count). The molecule has 2 aromatic rings. The van der Waals surface area contributed by atoms with Crippen molar-refractivity contribution >= 4 is 36.8 Å². The van der Waals surface area contributed by atoms with E-state index in [1.165, 1.54) is 4.90 Å². The van der Waals surface area contributed by atoms with Crippen LogP contribution in [0.2, 0.25) is 31.0 Å². The number of carbonyl (C=O) groups is 1. The van der Waals surface area contributed by atoms with Crippen LogP contribution in [0.1, 0.15) is 27.2 Å². The highest BCUT2D eigenvalue weighted by atomic mass is 35.5. The number of hydrogen-bond donors (Lipinski definition) is 0. The van der Waals surface area contributed by atoms with Gasteiger partial charge in [-0.3, -0.25) is 0 Å². The maximum atomic E-state index is 14.7. The van der Waals surface area contributed by atoms with E-state index < -0.39 is 32.0 Å². The van der Waals surface area contributed by atoms with Gasteiger partial charge in [-0.25, -0.2) is 9.18 Å². The van der Waals surface area contributed by atoms with Gasteiger partial charge < -0.3 is 23.7 Å². The van der Waals surface area contributed by atoms with Gasteiger partial charge in [0.2, 0.25) is 11.2 Å². The zero-order valence-corrected chi connectivity index (χ0v) is 22.0. The molecular formula is C22H34ClFN4O4Si. The van der Waals surface area contributed by atoms with Gasteiger partial charge in [0.1, 0.15) is 24.6 Å². The second-order valence-electron chi connectivity index (χ2n) is 10.6. The SMILES string of the molecule is CC(C)(C)OC(=O)N1CC[C@@H](F)[C@H](Oc2nc(Cl)nc3c2ccn3COCC[Si](C)(C)C)C1. The Bertz CT molecular complexity index is 976. The summed E-state index contributed by atoms with van der Waals surface area (Å²) in [5.41, 5.74) is -0.0833. The smallest absolute Gasteiger partial charge is 0.410 e. The van der Waals surface area contributed by atoms with Gasteiger partial charge in [0.15, 0.2) is 5.65 Å². The van der Waals surface area contributed by atoms with E-state index in [4.69, 9.17) is 25.8 Å². The average Bonchev–Trinajstić information content (AvgIpc) is 3.07. The Balaban J connectivity index is 1.72. The average molecular weight is 501 g/mol. The zero-order valence-electron chi connectivity index (χ0n) is 20.2. The van der Waals surface area contributed by atoms with E-state index in [1.54, 1.807) is 26.8 Å². The number of nitrogens with zero attached hydrogens (tertiary/aromatic N) is 4. The van der Waals surface area contributed by atoms with E-state index in [1.807, 2.05) is 10.8 Å². The minimum atomic E-state index is -1.25. The van der Waals surface area contributed by atoms with Gasteiger partial charge in [-0.05, 0) is 44.5 Å². The second-order valence-corrected chi connectivity index (χ2v) is 16.5. The van der Waals surface area contributed by atoms with Crippen LogP contribution in [0, 0.1) is 0 Å². The lowest BCUT2D eigenvalue weighted by Gasteiger charge is -2.35. The molecule has 1 aliphatic rings. The van der Waals surface area contributed by atoms with Crippen LogP contribution in [-0.4, -0.2) is 71.2 Å². The largest absolute Gasteiger partial charge is 0.469 e. The summed E-state index contributed by atoms with van der Waals surface area (Å²) in [7, 11) is -1.18. The molecule has 1 fully saturated rings. The molecule has 0 unspecified atom stereocenters. The van der Waals surface area contributed by atoms with Crippen molar-refractivity contribution in [3.63, 3.8) is 0 Å². The minimum absolute atomic E-state index is 0.00485. The Morgan fingerprint density at radius 3 is 2.70 bits per heavy atom. The van der Waals surface area contributed by atoms with Crippen LogP contribution >= 0.6 is 11.6 Å². The van der Waals surface area contributed by atoms with E-state index in [-0.39, 0.29) is 30.7 Å². The lowest BCUT2D eigenvalue weighted by molar-refractivity contribution is -0.0129. The van der Waals surface area contributed by atoms with Crippen LogP contribution in [0.25, 0.3) is 11.0 Å². The van der Waals surface area contributed by atoms with Crippen LogP contribution in [0.15, 0.2) is 12.3 Å². The number of alkyl halides is 1. The number of hydrogen-bond acceptors (Lipinski definition) is 6. The summed E-state index contributed by atoms with van der Waals surface area (Å²) in [6.45, 7) is 13.6. The van der Waals surface area contributed by atoms with Crippen molar-refractivity contribution < 1.29 is 23.4 Å². The molecule has 0 N–H and O–H groups in total.